The van der Waals surface area contributed by atoms with E-state index in [2.05, 4.69) is 28.9 Å². The van der Waals surface area contributed by atoms with Crippen LogP contribution in [0.3, 0.4) is 0 Å². The Labute approximate surface area is 116 Å². The van der Waals surface area contributed by atoms with Gasteiger partial charge in [-0.2, -0.15) is 0 Å². The first-order chi connectivity index (χ1) is 9.22. The van der Waals surface area contributed by atoms with E-state index in [1.807, 2.05) is 6.07 Å². The molecule has 0 aliphatic carbocycles. The molecule has 2 aliphatic heterocycles. The highest BCUT2D eigenvalue weighted by molar-refractivity contribution is 5.52. The zero-order valence-corrected chi connectivity index (χ0v) is 11.9. The standard InChI is InChI=1S/C16H25N3/c1-13(9-18-7-2-3-8-18)10-19-11-14-5-4-6-16(17)15(14)12-19/h4-6,13H,2-3,7-12,17H2,1H3. The van der Waals surface area contributed by atoms with Crippen LogP contribution in [0, 0.1) is 5.92 Å². The van der Waals surface area contributed by atoms with E-state index < -0.39 is 0 Å². The van der Waals surface area contributed by atoms with Gasteiger partial charge in [-0.25, -0.2) is 0 Å². The molecule has 0 bridgehead atoms. The van der Waals surface area contributed by atoms with Gasteiger partial charge >= 0.3 is 0 Å². The van der Waals surface area contributed by atoms with Crippen molar-refractivity contribution < 1.29 is 0 Å². The number of benzene rings is 1. The predicted octanol–water partition coefficient (Wildman–Crippen LogP) is 2.32. The number of rotatable bonds is 4. The first kappa shape index (κ1) is 12.9. The van der Waals surface area contributed by atoms with E-state index in [4.69, 9.17) is 5.73 Å². The van der Waals surface area contributed by atoms with Crippen molar-refractivity contribution in [1.29, 1.82) is 0 Å². The molecule has 3 nitrogen and oxygen atoms in total. The van der Waals surface area contributed by atoms with Gasteiger partial charge < -0.3 is 10.6 Å². The number of hydrogen-bond acceptors (Lipinski definition) is 3. The molecule has 1 unspecified atom stereocenters. The topological polar surface area (TPSA) is 32.5 Å². The van der Waals surface area contributed by atoms with Gasteiger partial charge in [0, 0.05) is 31.9 Å². The number of hydrogen-bond donors (Lipinski definition) is 1. The fourth-order valence-corrected chi connectivity index (χ4v) is 3.55. The van der Waals surface area contributed by atoms with Crippen molar-refractivity contribution in [2.45, 2.75) is 32.9 Å². The Balaban J connectivity index is 1.53. The highest BCUT2D eigenvalue weighted by Gasteiger charge is 2.23. The minimum atomic E-state index is 0.744. The van der Waals surface area contributed by atoms with Crippen molar-refractivity contribution >= 4 is 5.69 Å². The summed E-state index contributed by atoms with van der Waals surface area (Å²) in [5, 5.41) is 0. The molecule has 2 aliphatic rings. The van der Waals surface area contributed by atoms with Gasteiger partial charge in [0.2, 0.25) is 0 Å². The minimum absolute atomic E-state index is 0.744. The van der Waals surface area contributed by atoms with Crippen molar-refractivity contribution in [3.63, 3.8) is 0 Å². The molecule has 2 heterocycles. The third kappa shape index (κ3) is 2.93. The van der Waals surface area contributed by atoms with Gasteiger partial charge in [-0.05, 0) is 49.0 Å². The number of nitrogens with two attached hydrogens (primary N) is 1. The summed E-state index contributed by atoms with van der Waals surface area (Å²) < 4.78 is 0. The molecule has 19 heavy (non-hydrogen) atoms. The number of anilines is 1. The molecule has 0 amide bonds. The number of nitrogen functional groups attached to an aromatic ring is 1. The van der Waals surface area contributed by atoms with Crippen molar-refractivity contribution in [3.05, 3.63) is 29.3 Å². The molecular weight excluding hydrogens is 234 g/mol. The summed E-state index contributed by atoms with van der Waals surface area (Å²) in [4.78, 5) is 5.16. The molecule has 0 spiro atoms. The molecule has 2 N–H and O–H groups in total. The molecule has 1 atom stereocenters. The summed E-state index contributed by atoms with van der Waals surface area (Å²) in [6, 6.07) is 6.32. The van der Waals surface area contributed by atoms with Gasteiger partial charge in [0.05, 0.1) is 0 Å². The third-order valence-corrected chi connectivity index (χ3v) is 4.42. The summed E-state index contributed by atoms with van der Waals surface area (Å²) >= 11 is 0. The average Bonchev–Trinajstić information content (AvgIpc) is 2.98. The number of nitrogens with zero attached hydrogens (tertiary/aromatic N) is 2. The zero-order chi connectivity index (χ0) is 13.2. The Morgan fingerprint density at radius 3 is 2.58 bits per heavy atom. The summed E-state index contributed by atoms with van der Waals surface area (Å²) in [6.45, 7) is 9.53. The molecule has 1 aromatic carbocycles. The highest BCUT2D eigenvalue weighted by Crippen LogP contribution is 2.28. The van der Waals surface area contributed by atoms with Gasteiger partial charge in [0.15, 0.2) is 0 Å². The number of likely N-dealkylation sites (tertiary alicyclic amines) is 1. The molecule has 0 saturated carbocycles. The first-order valence-electron chi connectivity index (χ1n) is 7.53. The molecule has 3 heteroatoms. The van der Waals surface area contributed by atoms with Crippen molar-refractivity contribution in [2.75, 3.05) is 31.9 Å². The first-order valence-corrected chi connectivity index (χ1v) is 7.53. The van der Waals surface area contributed by atoms with Crippen LogP contribution < -0.4 is 5.73 Å². The van der Waals surface area contributed by atoms with E-state index in [1.165, 1.54) is 50.1 Å². The largest absolute Gasteiger partial charge is 0.398 e. The Morgan fingerprint density at radius 1 is 1.11 bits per heavy atom. The third-order valence-electron chi connectivity index (χ3n) is 4.42. The van der Waals surface area contributed by atoms with E-state index >= 15 is 0 Å². The molecule has 1 saturated heterocycles. The lowest BCUT2D eigenvalue weighted by atomic mass is 10.1. The lowest BCUT2D eigenvalue weighted by Crippen LogP contribution is -2.32. The van der Waals surface area contributed by atoms with Crippen LogP contribution in [0.1, 0.15) is 30.9 Å². The van der Waals surface area contributed by atoms with Crippen LogP contribution in [0.5, 0.6) is 0 Å². The summed E-state index contributed by atoms with van der Waals surface area (Å²) in [5.41, 5.74) is 9.81. The lowest BCUT2D eigenvalue weighted by molar-refractivity contribution is 0.202. The van der Waals surface area contributed by atoms with Gasteiger partial charge in [-0.15, -0.1) is 0 Å². The molecule has 104 valence electrons. The molecule has 0 radical (unpaired) electrons. The van der Waals surface area contributed by atoms with Gasteiger partial charge in [-0.1, -0.05) is 19.1 Å². The highest BCUT2D eigenvalue weighted by atomic mass is 15.2. The van der Waals surface area contributed by atoms with Crippen LogP contribution in [0.15, 0.2) is 18.2 Å². The average molecular weight is 259 g/mol. The van der Waals surface area contributed by atoms with Crippen LogP contribution in [-0.2, 0) is 13.1 Å². The van der Waals surface area contributed by atoms with Crippen LogP contribution in [0.2, 0.25) is 0 Å². The predicted molar refractivity (Wildman–Crippen MR) is 79.8 cm³/mol. The van der Waals surface area contributed by atoms with Crippen molar-refractivity contribution in [2.24, 2.45) is 5.92 Å². The van der Waals surface area contributed by atoms with Crippen LogP contribution in [0.4, 0.5) is 5.69 Å². The van der Waals surface area contributed by atoms with Crippen LogP contribution in [0.25, 0.3) is 0 Å². The summed E-state index contributed by atoms with van der Waals surface area (Å²) in [6.07, 6.45) is 2.77. The molecular formula is C16H25N3. The summed E-state index contributed by atoms with van der Waals surface area (Å²) in [5.74, 6) is 0.744. The monoisotopic (exact) mass is 259 g/mol. The SMILES string of the molecule is CC(CN1CCCC1)CN1Cc2cccc(N)c2C1. The van der Waals surface area contributed by atoms with E-state index in [-0.39, 0.29) is 0 Å². The second-order valence-corrected chi connectivity index (χ2v) is 6.27. The van der Waals surface area contributed by atoms with Gasteiger partial charge in [0.1, 0.15) is 0 Å². The van der Waals surface area contributed by atoms with Crippen LogP contribution in [-0.4, -0.2) is 36.0 Å². The second-order valence-electron chi connectivity index (χ2n) is 6.27. The van der Waals surface area contributed by atoms with E-state index in [1.54, 1.807) is 0 Å². The van der Waals surface area contributed by atoms with Gasteiger partial charge in [-0.3, -0.25) is 4.90 Å². The summed E-state index contributed by atoms with van der Waals surface area (Å²) in [7, 11) is 0. The zero-order valence-electron chi connectivity index (χ0n) is 11.9. The fraction of sp³-hybridized carbons (Fsp3) is 0.625. The van der Waals surface area contributed by atoms with Gasteiger partial charge in [0.25, 0.3) is 0 Å². The number of fused-ring (bicyclic) bond motifs is 1. The maximum Gasteiger partial charge on any atom is 0.0363 e. The Morgan fingerprint density at radius 2 is 1.84 bits per heavy atom. The molecule has 3 rings (SSSR count). The van der Waals surface area contributed by atoms with Crippen LogP contribution >= 0.6 is 0 Å². The minimum Gasteiger partial charge on any atom is -0.398 e. The quantitative estimate of drug-likeness (QED) is 0.842. The van der Waals surface area contributed by atoms with E-state index in [9.17, 15) is 0 Å². The Kier molecular flexibility index (Phi) is 3.76. The maximum atomic E-state index is 6.06. The Hall–Kier alpha value is -1.06. The van der Waals surface area contributed by atoms with E-state index in [0.717, 1.165) is 24.7 Å². The lowest BCUT2D eigenvalue weighted by Gasteiger charge is -2.24. The smallest absolute Gasteiger partial charge is 0.0363 e. The normalized spacial score (nSPS) is 21.7. The second kappa shape index (κ2) is 5.51. The van der Waals surface area contributed by atoms with Crippen molar-refractivity contribution in [3.8, 4) is 0 Å². The van der Waals surface area contributed by atoms with E-state index in [0.29, 0.717) is 0 Å². The Bertz CT molecular complexity index is 438. The maximum absolute atomic E-state index is 6.06. The molecule has 0 aromatic heterocycles. The van der Waals surface area contributed by atoms with Crippen molar-refractivity contribution in [1.82, 2.24) is 9.80 Å². The molecule has 1 aromatic rings. The molecule has 1 fully saturated rings. The fourth-order valence-electron chi connectivity index (χ4n) is 3.55.